The fourth-order valence-electron chi connectivity index (χ4n) is 2.14. The Hall–Kier alpha value is -1.87. The Kier molecular flexibility index (Phi) is 4.40. The molecule has 0 radical (unpaired) electrons. The monoisotopic (exact) mass is 289 g/mol. The number of benzene rings is 2. The summed E-state index contributed by atoms with van der Waals surface area (Å²) in [6, 6.07) is 12.5. The fraction of sp³-hybridized carbons (Fsp3) is 0.250. The lowest BCUT2D eigenvalue weighted by Crippen LogP contribution is -1.94. The van der Waals surface area contributed by atoms with E-state index in [1.165, 1.54) is 17.7 Å². The quantitative estimate of drug-likeness (QED) is 0.579. The molecule has 0 heterocycles. The molecule has 0 aromatic heterocycles. The van der Waals surface area contributed by atoms with E-state index in [-0.39, 0.29) is 5.69 Å². The molecule has 0 atom stereocenters. The second-order valence-corrected chi connectivity index (χ2v) is 5.62. The average Bonchev–Trinajstić information content (AvgIpc) is 2.39. The largest absolute Gasteiger partial charge is 0.270 e. The molecule has 20 heavy (non-hydrogen) atoms. The van der Waals surface area contributed by atoms with E-state index in [1.54, 1.807) is 6.07 Å². The number of nitrogens with zero attached hydrogens (tertiary/aromatic N) is 1. The molecule has 2 aromatic carbocycles. The molecule has 0 saturated carbocycles. The Bertz CT molecular complexity index is 621. The minimum Gasteiger partial charge on any atom is -0.258 e. The molecule has 0 spiro atoms. The van der Waals surface area contributed by atoms with Gasteiger partial charge in [0.15, 0.2) is 0 Å². The van der Waals surface area contributed by atoms with Crippen LogP contribution in [0.3, 0.4) is 0 Å². The van der Waals surface area contributed by atoms with Crippen LogP contribution in [0, 0.1) is 16.0 Å². The molecule has 2 aromatic rings. The molecule has 2 rings (SSSR count). The number of hydrogen-bond donors (Lipinski definition) is 0. The van der Waals surface area contributed by atoms with Crippen LogP contribution in [-0.4, -0.2) is 4.92 Å². The highest BCUT2D eigenvalue weighted by molar-refractivity contribution is 6.33. The van der Waals surface area contributed by atoms with Crippen LogP contribution in [0.15, 0.2) is 42.5 Å². The Morgan fingerprint density at radius 3 is 2.35 bits per heavy atom. The maximum atomic E-state index is 10.8. The number of rotatable bonds is 4. The third-order valence-electron chi connectivity index (χ3n) is 3.07. The van der Waals surface area contributed by atoms with Crippen molar-refractivity contribution in [2.24, 2.45) is 5.92 Å². The molecule has 0 amide bonds. The van der Waals surface area contributed by atoms with Gasteiger partial charge in [0.1, 0.15) is 0 Å². The topological polar surface area (TPSA) is 43.1 Å². The SMILES string of the molecule is CC(C)Cc1ccc(-c2cc([N+](=O)[O-])ccc2Cl)cc1. The molecule has 3 nitrogen and oxygen atoms in total. The van der Waals surface area contributed by atoms with Crippen LogP contribution in [0.4, 0.5) is 5.69 Å². The van der Waals surface area contributed by atoms with Gasteiger partial charge in [-0.05, 0) is 29.5 Å². The Morgan fingerprint density at radius 1 is 1.15 bits per heavy atom. The van der Waals surface area contributed by atoms with E-state index in [2.05, 4.69) is 13.8 Å². The van der Waals surface area contributed by atoms with Gasteiger partial charge in [-0.3, -0.25) is 10.1 Å². The van der Waals surface area contributed by atoms with Gasteiger partial charge < -0.3 is 0 Å². The molecule has 0 bridgehead atoms. The summed E-state index contributed by atoms with van der Waals surface area (Å²) in [6.45, 7) is 4.34. The maximum absolute atomic E-state index is 10.8. The highest BCUT2D eigenvalue weighted by atomic mass is 35.5. The van der Waals surface area contributed by atoms with Crippen LogP contribution < -0.4 is 0 Å². The number of non-ortho nitro benzene ring substituents is 1. The summed E-state index contributed by atoms with van der Waals surface area (Å²) < 4.78 is 0. The van der Waals surface area contributed by atoms with Crippen molar-refractivity contribution in [3.8, 4) is 11.1 Å². The lowest BCUT2D eigenvalue weighted by Gasteiger charge is -2.08. The van der Waals surface area contributed by atoms with Crippen molar-refractivity contribution < 1.29 is 4.92 Å². The van der Waals surface area contributed by atoms with E-state index in [9.17, 15) is 10.1 Å². The van der Waals surface area contributed by atoms with E-state index in [1.807, 2.05) is 24.3 Å². The zero-order valence-electron chi connectivity index (χ0n) is 11.5. The molecule has 4 heteroatoms. The van der Waals surface area contributed by atoms with Crippen LogP contribution in [-0.2, 0) is 6.42 Å². The summed E-state index contributed by atoms with van der Waals surface area (Å²) in [5.74, 6) is 0.599. The van der Waals surface area contributed by atoms with Gasteiger partial charge in [0.2, 0.25) is 0 Å². The molecule has 0 aliphatic rings. The zero-order valence-corrected chi connectivity index (χ0v) is 12.2. The number of nitro benzene ring substituents is 1. The van der Waals surface area contributed by atoms with Gasteiger partial charge in [-0.25, -0.2) is 0 Å². The third-order valence-corrected chi connectivity index (χ3v) is 3.40. The van der Waals surface area contributed by atoms with E-state index in [4.69, 9.17) is 11.6 Å². The highest BCUT2D eigenvalue weighted by Crippen LogP contribution is 2.31. The molecule has 0 N–H and O–H groups in total. The Labute approximate surface area is 123 Å². The summed E-state index contributed by atoms with van der Waals surface area (Å²) in [5, 5.41) is 11.4. The van der Waals surface area contributed by atoms with E-state index in [0.29, 0.717) is 16.5 Å². The van der Waals surface area contributed by atoms with Crippen LogP contribution in [0.1, 0.15) is 19.4 Å². The van der Waals surface area contributed by atoms with Crippen LogP contribution in [0.25, 0.3) is 11.1 Å². The number of nitro groups is 1. The van der Waals surface area contributed by atoms with Gasteiger partial charge >= 0.3 is 0 Å². The normalized spacial score (nSPS) is 10.8. The van der Waals surface area contributed by atoms with Gasteiger partial charge in [-0.2, -0.15) is 0 Å². The van der Waals surface area contributed by atoms with Crippen molar-refractivity contribution in [1.29, 1.82) is 0 Å². The molecule has 0 aliphatic carbocycles. The Morgan fingerprint density at radius 2 is 1.80 bits per heavy atom. The minimum atomic E-state index is -0.410. The first-order valence-corrected chi connectivity index (χ1v) is 6.88. The first-order valence-electron chi connectivity index (χ1n) is 6.50. The van der Waals surface area contributed by atoms with E-state index < -0.39 is 4.92 Å². The second kappa shape index (κ2) is 6.06. The smallest absolute Gasteiger partial charge is 0.258 e. The Balaban J connectivity index is 2.36. The fourth-order valence-corrected chi connectivity index (χ4v) is 2.37. The van der Waals surface area contributed by atoms with Crippen molar-refractivity contribution in [3.63, 3.8) is 0 Å². The molecular weight excluding hydrogens is 274 g/mol. The maximum Gasteiger partial charge on any atom is 0.270 e. The summed E-state index contributed by atoms with van der Waals surface area (Å²) in [6.07, 6.45) is 1.02. The van der Waals surface area contributed by atoms with Crippen LogP contribution in [0.5, 0.6) is 0 Å². The van der Waals surface area contributed by atoms with E-state index in [0.717, 1.165) is 12.0 Å². The van der Waals surface area contributed by atoms with E-state index >= 15 is 0 Å². The van der Waals surface area contributed by atoms with Gasteiger partial charge in [-0.15, -0.1) is 0 Å². The molecular formula is C16H16ClNO2. The standard InChI is InChI=1S/C16H16ClNO2/c1-11(2)9-12-3-5-13(6-4-12)15-10-14(18(19)20)7-8-16(15)17/h3-8,10-11H,9H2,1-2H3. The molecule has 104 valence electrons. The van der Waals surface area contributed by atoms with Crippen LogP contribution in [0.2, 0.25) is 5.02 Å². The highest BCUT2D eigenvalue weighted by Gasteiger charge is 2.11. The lowest BCUT2D eigenvalue weighted by molar-refractivity contribution is -0.384. The van der Waals surface area contributed by atoms with Gasteiger partial charge in [0, 0.05) is 22.7 Å². The zero-order chi connectivity index (χ0) is 14.7. The molecule has 0 fully saturated rings. The summed E-state index contributed by atoms with van der Waals surface area (Å²) in [5.41, 5.74) is 2.89. The average molecular weight is 290 g/mol. The van der Waals surface area contributed by atoms with Gasteiger partial charge in [-0.1, -0.05) is 49.7 Å². The number of hydrogen-bond acceptors (Lipinski definition) is 2. The van der Waals surface area contributed by atoms with Gasteiger partial charge in [0.05, 0.1) is 4.92 Å². The molecule has 0 unspecified atom stereocenters. The van der Waals surface area contributed by atoms with Crippen LogP contribution >= 0.6 is 11.6 Å². The minimum absolute atomic E-state index is 0.0515. The lowest BCUT2D eigenvalue weighted by atomic mass is 9.99. The van der Waals surface area contributed by atoms with Crippen molar-refractivity contribution in [3.05, 3.63) is 63.2 Å². The van der Waals surface area contributed by atoms with Crippen molar-refractivity contribution >= 4 is 17.3 Å². The second-order valence-electron chi connectivity index (χ2n) is 5.22. The predicted octanol–water partition coefficient (Wildman–Crippen LogP) is 5.11. The molecule has 0 aliphatic heterocycles. The van der Waals surface area contributed by atoms with Gasteiger partial charge in [0.25, 0.3) is 5.69 Å². The summed E-state index contributed by atoms with van der Waals surface area (Å²) in [7, 11) is 0. The van der Waals surface area contributed by atoms with Crippen molar-refractivity contribution in [2.75, 3.05) is 0 Å². The third kappa shape index (κ3) is 3.36. The summed E-state index contributed by atoms with van der Waals surface area (Å²) in [4.78, 5) is 10.4. The number of halogens is 1. The summed E-state index contributed by atoms with van der Waals surface area (Å²) >= 11 is 6.14. The molecule has 0 saturated heterocycles. The first kappa shape index (κ1) is 14.5. The predicted molar refractivity (Wildman–Crippen MR) is 82.1 cm³/mol. The van der Waals surface area contributed by atoms with Crippen molar-refractivity contribution in [1.82, 2.24) is 0 Å². The van der Waals surface area contributed by atoms with Crippen molar-refractivity contribution in [2.45, 2.75) is 20.3 Å². The first-order chi connectivity index (χ1) is 9.47.